The van der Waals surface area contributed by atoms with Crippen LogP contribution in [0.4, 0.5) is 0 Å². The van der Waals surface area contributed by atoms with Crippen LogP contribution in [0.2, 0.25) is 0 Å². The first-order valence-electron chi connectivity index (χ1n) is 6.98. The molecule has 3 N–H and O–H groups in total. The van der Waals surface area contributed by atoms with Crippen molar-refractivity contribution in [1.82, 2.24) is 15.4 Å². The molecule has 8 heteroatoms. The fraction of sp³-hybridized carbons (Fsp3) is 0.500. The van der Waals surface area contributed by atoms with Crippen LogP contribution in [0.25, 0.3) is 0 Å². The minimum Gasteiger partial charge on any atom is -0.355 e. The molecule has 1 unspecified atom stereocenters. The summed E-state index contributed by atoms with van der Waals surface area (Å²) in [6.07, 6.45) is 0. The summed E-state index contributed by atoms with van der Waals surface area (Å²) >= 11 is 0. The van der Waals surface area contributed by atoms with Crippen LogP contribution in [0, 0.1) is 0 Å². The third-order valence-electron chi connectivity index (χ3n) is 3.00. The van der Waals surface area contributed by atoms with Crippen LogP contribution in [-0.4, -0.2) is 40.3 Å². The van der Waals surface area contributed by atoms with Crippen LogP contribution in [0.1, 0.15) is 25.5 Å². The van der Waals surface area contributed by atoms with Gasteiger partial charge in [-0.3, -0.25) is 4.99 Å². The third-order valence-corrected chi connectivity index (χ3v) is 4.40. The van der Waals surface area contributed by atoms with Crippen LogP contribution in [-0.2, 0) is 10.0 Å². The van der Waals surface area contributed by atoms with Gasteiger partial charge in [-0.15, -0.1) is 24.0 Å². The maximum atomic E-state index is 11.3. The minimum absolute atomic E-state index is 0. The molecule has 0 saturated carbocycles. The van der Waals surface area contributed by atoms with Crippen LogP contribution in [0.5, 0.6) is 0 Å². The third kappa shape index (κ3) is 7.95. The summed E-state index contributed by atoms with van der Waals surface area (Å²) in [5.41, 5.74) is 1.16. The molecule has 0 fully saturated rings. The Hall–Kier alpha value is -0.870. The molecular formula is C14H25IN4O2S. The highest BCUT2D eigenvalue weighted by molar-refractivity contribution is 14.0. The van der Waals surface area contributed by atoms with Gasteiger partial charge >= 0.3 is 0 Å². The Morgan fingerprint density at radius 2 is 1.86 bits per heavy atom. The SMILES string of the molecule is CCS(=O)(=O)NCCNC(=NC)NC(C)c1ccccc1.I. The fourth-order valence-corrected chi connectivity index (χ4v) is 2.33. The van der Waals surface area contributed by atoms with E-state index in [0.717, 1.165) is 5.56 Å². The second-order valence-corrected chi connectivity index (χ2v) is 6.67. The zero-order chi connectivity index (χ0) is 15.7. The van der Waals surface area contributed by atoms with Crippen LogP contribution in [0.15, 0.2) is 35.3 Å². The smallest absolute Gasteiger partial charge is 0.211 e. The summed E-state index contributed by atoms with van der Waals surface area (Å²) in [7, 11) is -1.46. The van der Waals surface area contributed by atoms with Crippen molar-refractivity contribution in [2.45, 2.75) is 19.9 Å². The summed E-state index contributed by atoms with van der Waals surface area (Å²) in [6, 6.07) is 10.2. The molecule has 1 aromatic rings. The number of hydrogen-bond donors (Lipinski definition) is 3. The Bertz CT molecular complexity index is 549. The molecule has 126 valence electrons. The van der Waals surface area contributed by atoms with E-state index in [0.29, 0.717) is 19.0 Å². The Kier molecular flexibility index (Phi) is 10.4. The van der Waals surface area contributed by atoms with E-state index in [1.165, 1.54) is 0 Å². The minimum atomic E-state index is -3.14. The van der Waals surface area contributed by atoms with Crippen LogP contribution < -0.4 is 15.4 Å². The van der Waals surface area contributed by atoms with E-state index in [1.54, 1.807) is 14.0 Å². The number of rotatable bonds is 7. The van der Waals surface area contributed by atoms with Gasteiger partial charge in [0.1, 0.15) is 0 Å². The quantitative estimate of drug-likeness (QED) is 0.260. The molecule has 1 atom stereocenters. The van der Waals surface area contributed by atoms with Crippen molar-refractivity contribution in [3.63, 3.8) is 0 Å². The molecular weight excluding hydrogens is 415 g/mol. The highest BCUT2D eigenvalue weighted by atomic mass is 127. The topological polar surface area (TPSA) is 82.6 Å². The van der Waals surface area contributed by atoms with Gasteiger partial charge in [0.05, 0.1) is 11.8 Å². The molecule has 0 heterocycles. The molecule has 0 saturated heterocycles. The first kappa shape index (κ1) is 21.1. The second-order valence-electron chi connectivity index (χ2n) is 4.57. The molecule has 0 bridgehead atoms. The molecule has 0 aliphatic heterocycles. The Labute approximate surface area is 150 Å². The summed E-state index contributed by atoms with van der Waals surface area (Å²) in [4.78, 5) is 4.12. The van der Waals surface area contributed by atoms with Crippen molar-refractivity contribution in [3.05, 3.63) is 35.9 Å². The number of nitrogens with zero attached hydrogens (tertiary/aromatic N) is 1. The van der Waals surface area contributed by atoms with Gasteiger partial charge in [0.15, 0.2) is 5.96 Å². The first-order chi connectivity index (χ1) is 9.98. The van der Waals surface area contributed by atoms with E-state index in [2.05, 4.69) is 20.3 Å². The van der Waals surface area contributed by atoms with Crippen molar-refractivity contribution >= 4 is 40.0 Å². The van der Waals surface area contributed by atoms with Crippen molar-refractivity contribution in [3.8, 4) is 0 Å². The molecule has 0 aliphatic rings. The van der Waals surface area contributed by atoms with E-state index in [-0.39, 0.29) is 35.8 Å². The maximum Gasteiger partial charge on any atom is 0.211 e. The number of halogens is 1. The summed E-state index contributed by atoms with van der Waals surface area (Å²) < 4.78 is 25.1. The number of hydrogen-bond acceptors (Lipinski definition) is 3. The standard InChI is InChI=1S/C14H24N4O2S.HI/c1-4-21(19,20)17-11-10-16-14(15-3)18-12(2)13-8-6-5-7-9-13;/h5-9,12,17H,4,10-11H2,1-3H3,(H2,15,16,18);1H. The number of benzene rings is 1. The predicted molar refractivity (Wildman–Crippen MR) is 102 cm³/mol. The van der Waals surface area contributed by atoms with Crippen LogP contribution in [0.3, 0.4) is 0 Å². The van der Waals surface area contributed by atoms with E-state index in [4.69, 9.17) is 0 Å². The maximum absolute atomic E-state index is 11.3. The lowest BCUT2D eigenvalue weighted by molar-refractivity contribution is 0.581. The predicted octanol–water partition coefficient (Wildman–Crippen LogP) is 1.47. The molecule has 0 aliphatic carbocycles. The number of aliphatic imine (C=N–C) groups is 1. The van der Waals surface area contributed by atoms with Crippen molar-refractivity contribution in [2.24, 2.45) is 4.99 Å². The summed E-state index contributed by atoms with van der Waals surface area (Å²) in [5, 5.41) is 6.33. The van der Waals surface area contributed by atoms with E-state index < -0.39 is 10.0 Å². The molecule has 0 radical (unpaired) electrons. The van der Waals surface area contributed by atoms with E-state index in [9.17, 15) is 8.42 Å². The Morgan fingerprint density at radius 1 is 1.23 bits per heavy atom. The molecule has 1 aromatic carbocycles. The highest BCUT2D eigenvalue weighted by Crippen LogP contribution is 2.10. The fourth-order valence-electron chi connectivity index (χ4n) is 1.71. The largest absolute Gasteiger partial charge is 0.355 e. The molecule has 0 aromatic heterocycles. The lowest BCUT2D eigenvalue weighted by atomic mass is 10.1. The number of guanidine groups is 1. The van der Waals surface area contributed by atoms with Gasteiger partial charge in [0.2, 0.25) is 10.0 Å². The monoisotopic (exact) mass is 440 g/mol. The second kappa shape index (κ2) is 10.8. The normalized spacial score (nSPS) is 13.1. The van der Waals surface area contributed by atoms with Gasteiger partial charge in [-0.1, -0.05) is 30.3 Å². The van der Waals surface area contributed by atoms with Gasteiger partial charge in [-0.2, -0.15) is 0 Å². The summed E-state index contributed by atoms with van der Waals surface area (Å²) in [6.45, 7) is 4.46. The van der Waals surface area contributed by atoms with E-state index in [1.807, 2.05) is 37.3 Å². The number of sulfonamides is 1. The van der Waals surface area contributed by atoms with Crippen molar-refractivity contribution < 1.29 is 8.42 Å². The van der Waals surface area contributed by atoms with Gasteiger partial charge in [0.25, 0.3) is 0 Å². The van der Waals surface area contributed by atoms with Gasteiger partial charge < -0.3 is 10.6 Å². The Morgan fingerprint density at radius 3 is 2.41 bits per heavy atom. The average molecular weight is 440 g/mol. The van der Waals surface area contributed by atoms with Crippen molar-refractivity contribution in [1.29, 1.82) is 0 Å². The summed E-state index contributed by atoms with van der Waals surface area (Å²) in [5.74, 6) is 0.729. The van der Waals surface area contributed by atoms with Gasteiger partial charge in [-0.05, 0) is 19.4 Å². The van der Waals surface area contributed by atoms with E-state index >= 15 is 0 Å². The van der Waals surface area contributed by atoms with Crippen LogP contribution >= 0.6 is 24.0 Å². The van der Waals surface area contributed by atoms with Crippen molar-refractivity contribution in [2.75, 3.05) is 25.9 Å². The number of nitrogens with one attached hydrogen (secondary N) is 3. The lowest BCUT2D eigenvalue weighted by Crippen LogP contribution is -2.42. The zero-order valence-corrected chi connectivity index (χ0v) is 16.3. The molecule has 0 amide bonds. The first-order valence-corrected chi connectivity index (χ1v) is 8.63. The molecule has 6 nitrogen and oxygen atoms in total. The van der Waals surface area contributed by atoms with Gasteiger partial charge in [0, 0.05) is 20.1 Å². The lowest BCUT2D eigenvalue weighted by Gasteiger charge is -2.18. The molecule has 1 rings (SSSR count). The Balaban J connectivity index is 0.00000441. The van der Waals surface area contributed by atoms with Gasteiger partial charge in [-0.25, -0.2) is 13.1 Å². The molecule has 22 heavy (non-hydrogen) atoms. The highest BCUT2D eigenvalue weighted by Gasteiger charge is 2.08. The average Bonchev–Trinajstić information content (AvgIpc) is 2.51. The molecule has 0 spiro atoms. The zero-order valence-electron chi connectivity index (χ0n) is 13.2.